The minimum atomic E-state index is -4.58. The third kappa shape index (κ3) is 4.19. The van der Waals surface area contributed by atoms with Crippen LogP contribution in [0.5, 0.6) is 0 Å². The number of alkyl halides is 3. The number of aliphatic carboxylic acids is 1. The molecule has 1 aromatic rings. The van der Waals surface area contributed by atoms with Crippen LogP contribution in [0.2, 0.25) is 0 Å². The summed E-state index contributed by atoms with van der Waals surface area (Å²) in [5, 5.41) is 11.6. The molecule has 1 saturated heterocycles. The Bertz CT molecular complexity index is 571. The van der Waals surface area contributed by atoms with Crippen molar-refractivity contribution in [2.75, 3.05) is 11.5 Å². The summed E-state index contributed by atoms with van der Waals surface area (Å²) in [6.45, 7) is 0. The minimum absolute atomic E-state index is 0.0136. The molecule has 8 heteroatoms. The van der Waals surface area contributed by atoms with Crippen LogP contribution in [0, 0.1) is 0 Å². The maximum absolute atomic E-state index is 13.2. The molecule has 0 aliphatic carbocycles. The summed E-state index contributed by atoms with van der Waals surface area (Å²) in [6, 6.07) is 7.15. The van der Waals surface area contributed by atoms with Crippen molar-refractivity contribution in [2.45, 2.75) is 30.5 Å². The third-order valence-electron chi connectivity index (χ3n) is 3.80. The first kappa shape index (κ1) is 17.7. The van der Waals surface area contributed by atoms with Crippen molar-refractivity contribution in [1.29, 1.82) is 0 Å². The second-order valence-electron chi connectivity index (χ2n) is 5.45. The van der Waals surface area contributed by atoms with E-state index in [1.165, 1.54) is 36.0 Å². The summed E-state index contributed by atoms with van der Waals surface area (Å²) in [5.74, 6) is -3.35. The second-order valence-corrected chi connectivity index (χ2v) is 6.55. The quantitative estimate of drug-likeness (QED) is 0.860. The lowest BCUT2D eigenvalue weighted by atomic mass is 9.93. The van der Waals surface area contributed by atoms with E-state index in [2.05, 4.69) is 5.32 Å². The van der Waals surface area contributed by atoms with Gasteiger partial charge in [0.2, 0.25) is 5.91 Å². The molecule has 1 aliphatic rings. The Hall–Kier alpha value is -1.70. The molecule has 1 amide bonds. The number of nitrogens with one attached hydrogen (secondary N) is 1. The number of benzene rings is 1. The molecular formula is C15H16F3NO3S. The van der Waals surface area contributed by atoms with Gasteiger partial charge in [0.1, 0.15) is 5.54 Å². The Morgan fingerprint density at radius 1 is 1.30 bits per heavy atom. The Balaban J connectivity index is 2.14. The van der Waals surface area contributed by atoms with E-state index in [9.17, 15) is 27.9 Å². The van der Waals surface area contributed by atoms with Crippen LogP contribution in [-0.4, -0.2) is 40.2 Å². The number of carboxylic acids is 1. The van der Waals surface area contributed by atoms with Crippen molar-refractivity contribution >= 4 is 23.6 Å². The van der Waals surface area contributed by atoms with Crippen LogP contribution in [0.3, 0.4) is 0 Å². The number of rotatable bonds is 5. The molecule has 0 saturated carbocycles. The highest BCUT2D eigenvalue weighted by molar-refractivity contribution is 7.99. The topological polar surface area (TPSA) is 66.4 Å². The van der Waals surface area contributed by atoms with Crippen molar-refractivity contribution in [3.63, 3.8) is 0 Å². The number of hydrogen-bond acceptors (Lipinski definition) is 3. The molecule has 1 fully saturated rings. The normalized spacial score (nSPS) is 22.6. The van der Waals surface area contributed by atoms with E-state index >= 15 is 0 Å². The molecule has 2 atom stereocenters. The minimum Gasteiger partial charge on any atom is -0.479 e. The third-order valence-corrected chi connectivity index (χ3v) is 4.99. The Morgan fingerprint density at radius 2 is 1.96 bits per heavy atom. The van der Waals surface area contributed by atoms with Crippen LogP contribution in [0.15, 0.2) is 30.3 Å². The molecule has 2 rings (SSSR count). The van der Waals surface area contributed by atoms with Gasteiger partial charge < -0.3 is 10.4 Å². The van der Waals surface area contributed by atoms with Gasteiger partial charge in [-0.05, 0) is 17.7 Å². The average molecular weight is 347 g/mol. The van der Waals surface area contributed by atoms with Gasteiger partial charge in [0.05, 0.1) is 5.92 Å². The molecule has 1 heterocycles. The fraction of sp³-hybridized carbons (Fsp3) is 0.467. The van der Waals surface area contributed by atoms with Crippen LogP contribution in [0.4, 0.5) is 13.2 Å². The van der Waals surface area contributed by atoms with Crippen LogP contribution >= 0.6 is 11.8 Å². The van der Waals surface area contributed by atoms with Gasteiger partial charge in [0, 0.05) is 12.2 Å². The second kappa shape index (κ2) is 6.82. The average Bonchev–Trinajstić information content (AvgIpc) is 2.94. The van der Waals surface area contributed by atoms with Gasteiger partial charge in [0.15, 0.2) is 0 Å². The SMILES string of the molecule is O=C(CC(c1ccccc1)C(F)(F)F)NC1(C(=O)O)CCSC1. The fourth-order valence-corrected chi connectivity index (χ4v) is 3.82. The smallest absolute Gasteiger partial charge is 0.396 e. The van der Waals surface area contributed by atoms with Crippen molar-refractivity contribution in [2.24, 2.45) is 0 Å². The molecule has 0 aromatic heterocycles. The number of carbonyl (C=O) groups is 2. The molecule has 2 unspecified atom stereocenters. The predicted molar refractivity (Wildman–Crippen MR) is 80.3 cm³/mol. The highest BCUT2D eigenvalue weighted by Gasteiger charge is 2.46. The predicted octanol–water partition coefficient (Wildman–Crippen LogP) is 2.80. The largest absolute Gasteiger partial charge is 0.479 e. The lowest BCUT2D eigenvalue weighted by Gasteiger charge is -2.26. The standard InChI is InChI=1S/C15H16F3NO3S/c16-15(17,18)11(10-4-2-1-3-5-10)8-12(20)19-14(13(21)22)6-7-23-9-14/h1-5,11H,6-9H2,(H,19,20)(H,21,22). The summed E-state index contributed by atoms with van der Waals surface area (Å²) in [6.07, 6.45) is -5.20. The zero-order valence-electron chi connectivity index (χ0n) is 12.1. The molecule has 1 aromatic carbocycles. The molecule has 1 aliphatic heterocycles. The Morgan fingerprint density at radius 3 is 2.43 bits per heavy atom. The van der Waals surface area contributed by atoms with E-state index in [4.69, 9.17) is 0 Å². The van der Waals surface area contributed by atoms with Crippen LogP contribution in [0.25, 0.3) is 0 Å². The van der Waals surface area contributed by atoms with Crippen molar-refractivity contribution in [3.05, 3.63) is 35.9 Å². The first-order valence-electron chi connectivity index (χ1n) is 6.98. The lowest BCUT2D eigenvalue weighted by Crippen LogP contribution is -2.55. The number of halogens is 3. The number of hydrogen-bond donors (Lipinski definition) is 2. The summed E-state index contributed by atoms with van der Waals surface area (Å²) in [4.78, 5) is 23.4. The highest BCUT2D eigenvalue weighted by atomic mass is 32.2. The number of thioether (sulfide) groups is 1. The molecule has 0 radical (unpaired) electrons. The highest BCUT2D eigenvalue weighted by Crippen LogP contribution is 2.37. The summed E-state index contributed by atoms with van der Waals surface area (Å²) in [7, 11) is 0. The maximum Gasteiger partial charge on any atom is 0.396 e. The van der Waals surface area contributed by atoms with E-state index in [1.807, 2.05) is 0 Å². The van der Waals surface area contributed by atoms with Crippen LogP contribution in [0.1, 0.15) is 24.3 Å². The molecular weight excluding hydrogens is 331 g/mol. The Kier molecular flexibility index (Phi) is 5.23. The van der Waals surface area contributed by atoms with Gasteiger partial charge in [-0.2, -0.15) is 24.9 Å². The van der Waals surface area contributed by atoms with Gasteiger partial charge in [-0.25, -0.2) is 4.79 Å². The van der Waals surface area contributed by atoms with Gasteiger partial charge in [0.25, 0.3) is 0 Å². The van der Waals surface area contributed by atoms with E-state index in [0.717, 1.165) is 0 Å². The van der Waals surface area contributed by atoms with Crippen LogP contribution in [-0.2, 0) is 9.59 Å². The van der Waals surface area contributed by atoms with Crippen molar-refractivity contribution in [1.82, 2.24) is 5.32 Å². The summed E-state index contributed by atoms with van der Waals surface area (Å²) in [5.41, 5.74) is -1.48. The van der Waals surface area contributed by atoms with E-state index < -0.39 is 35.9 Å². The lowest BCUT2D eigenvalue weighted by molar-refractivity contribution is -0.158. The van der Waals surface area contributed by atoms with E-state index in [0.29, 0.717) is 5.75 Å². The zero-order valence-corrected chi connectivity index (χ0v) is 12.9. The molecule has 2 N–H and O–H groups in total. The zero-order chi connectivity index (χ0) is 17.1. The van der Waals surface area contributed by atoms with Gasteiger partial charge >= 0.3 is 12.1 Å². The van der Waals surface area contributed by atoms with E-state index in [-0.39, 0.29) is 17.7 Å². The fourth-order valence-electron chi connectivity index (χ4n) is 2.50. The Labute approximate surface area is 135 Å². The van der Waals surface area contributed by atoms with Crippen molar-refractivity contribution < 1.29 is 27.9 Å². The van der Waals surface area contributed by atoms with Gasteiger partial charge in [-0.1, -0.05) is 30.3 Å². The number of carbonyl (C=O) groups excluding carboxylic acids is 1. The number of amides is 1. The molecule has 4 nitrogen and oxygen atoms in total. The summed E-state index contributed by atoms with van der Waals surface area (Å²) < 4.78 is 39.7. The summed E-state index contributed by atoms with van der Waals surface area (Å²) >= 11 is 1.35. The van der Waals surface area contributed by atoms with Gasteiger partial charge in [-0.3, -0.25) is 4.79 Å². The molecule has 0 bridgehead atoms. The molecule has 126 valence electrons. The van der Waals surface area contributed by atoms with Crippen molar-refractivity contribution in [3.8, 4) is 0 Å². The maximum atomic E-state index is 13.2. The molecule has 23 heavy (non-hydrogen) atoms. The van der Waals surface area contributed by atoms with Gasteiger partial charge in [-0.15, -0.1) is 0 Å². The van der Waals surface area contributed by atoms with Crippen LogP contribution < -0.4 is 5.32 Å². The first-order chi connectivity index (χ1) is 10.7. The van der Waals surface area contributed by atoms with E-state index in [1.54, 1.807) is 6.07 Å². The first-order valence-corrected chi connectivity index (χ1v) is 8.14. The monoisotopic (exact) mass is 347 g/mol. The molecule has 0 spiro atoms. The number of carboxylic acid groups (broad SMARTS) is 1.